The molecule has 1 fully saturated rings. The van der Waals surface area contributed by atoms with E-state index in [-0.39, 0.29) is 5.91 Å². The summed E-state index contributed by atoms with van der Waals surface area (Å²) in [6.07, 6.45) is 2.24. The molecule has 0 radical (unpaired) electrons. The Kier molecular flexibility index (Phi) is 4.35. The first-order valence-electron chi connectivity index (χ1n) is 5.17. The van der Waals surface area contributed by atoms with Crippen molar-refractivity contribution in [2.75, 3.05) is 13.7 Å². The summed E-state index contributed by atoms with van der Waals surface area (Å²) in [4.78, 5) is 11.3. The first-order valence-corrected chi connectivity index (χ1v) is 5.17. The van der Waals surface area contributed by atoms with Gasteiger partial charge in [0.15, 0.2) is 0 Å². The Hall–Kier alpha value is -0.610. The lowest BCUT2D eigenvalue weighted by atomic mass is 9.89. The molecule has 1 saturated carbocycles. The van der Waals surface area contributed by atoms with Crippen LogP contribution in [0, 0.1) is 0 Å². The van der Waals surface area contributed by atoms with E-state index in [0.717, 1.165) is 12.8 Å². The van der Waals surface area contributed by atoms with Crippen molar-refractivity contribution in [2.45, 2.75) is 44.9 Å². The van der Waals surface area contributed by atoms with Gasteiger partial charge in [-0.2, -0.15) is 0 Å². The van der Waals surface area contributed by atoms with Crippen LogP contribution < -0.4 is 10.6 Å². The number of carbonyl (C=O) groups excluding carboxylic acids is 1. The highest BCUT2D eigenvalue weighted by molar-refractivity contribution is 5.78. The highest BCUT2D eigenvalue weighted by Gasteiger charge is 2.29. The maximum Gasteiger partial charge on any atom is 0.234 e. The van der Waals surface area contributed by atoms with E-state index in [2.05, 4.69) is 10.6 Å². The fourth-order valence-corrected chi connectivity index (χ4v) is 1.45. The van der Waals surface area contributed by atoms with Crippen LogP contribution in [0.1, 0.15) is 26.7 Å². The minimum atomic E-state index is 0.0817. The van der Waals surface area contributed by atoms with Crippen LogP contribution in [0.4, 0.5) is 0 Å². The molecule has 0 unspecified atom stereocenters. The molecule has 4 heteroatoms. The average Bonchev–Trinajstić information content (AvgIpc) is 2.07. The number of methoxy groups -OCH3 is 1. The van der Waals surface area contributed by atoms with Gasteiger partial charge in [0.2, 0.25) is 5.91 Å². The number of carbonyl (C=O) groups is 1. The number of rotatable bonds is 5. The Morgan fingerprint density at radius 2 is 2.14 bits per heavy atom. The molecule has 0 aromatic rings. The third-order valence-electron chi connectivity index (χ3n) is 2.46. The molecule has 1 rings (SSSR count). The first kappa shape index (κ1) is 11.5. The number of hydrogen-bond acceptors (Lipinski definition) is 3. The van der Waals surface area contributed by atoms with Crippen LogP contribution in [0.2, 0.25) is 0 Å². The van der Waals surface area contributed by atoms with E-state index < -0.39 is 0 Å². The summed E-state index contributed by atoms with van der Waals surface area (Å²) < 4.78 is 5.13. The van der Waals surface area contributed by atoms with Crippen molar-refractivity contribution in [3.8, 4) is 0 Å². The minimum Gasteiger partial charge on any atom is -0.381 e. The lowest BCUT2D eigenvalue weighted by Crippen LogP contribution is -2.50. The van der Waals surface area contributed by atoms with Crippen LogP contribution in [0.5, 0.6) is 0 Å². The van der Waals surface area contributed by atoms with Gasteiger partial charge in [-0.1, -0.05) is 13.8 Å². The SMILES string of the molecule is COC1CC(NC(=O)CNC(C)C)C1. The van der Waals surface area contributed by atoms with Crippen LogP contribution in [0.3, 0.4) is 0 Å². The quantitative estimate of drug-likeness (QED) is 0.670. The molecular formula is C10H20N2O2. The largest absolute Gasteiger partial charge is 0.381 e. The van der Waals surface area contributed by atoms with Gasteiger partial charge in [-0.25, -0.2) is 0 Å². The van der Waals surface area contributed by atoms with E-state index in [4.69, 9.17) is 4.74 Å². The zero-order chi connectivity index (χ0) is 10.6. The zero-order valence-corrected chi connectivity index (χ0v) is 9.17. The van der Waals surface area contributed by atoms with Gasteiger partial charge in [-0.05, 0) is 12.8 Å². The molecule has 82 valence electrons. The number of ether oxygens (including phenoxy) is 1. The predicted octanol–water partition coefficient (Wildman–Crippen LogP) is 0.278. The minimum absolute atomic E-state index is 0.0817. The third kappa shape index (κ3) is 3.64. The molecule has 0 heterocycles. The molecule has 1 amide bonds. The third-order valence-corrected chi connectivity index (χ3v) is 2.46. The highest BCUT2D eigenvalue weighted by atomic mass is 16.5. The van der Waals surface area contributed by atoms with Gasteiger partial charge in [0.25, 0.3) is 0 Å². The standard InChI is InChI=1S/C10H20N2O2/c1-7(2)11-6-10(13)12-8-4-9(5-8)14-3/h7-9,11H,4-6H2,1-3H3,(H,12,13). The monoisotopic (exact) mass is 200 g/mol. The van der Waals surface area contributed by atoms with Crippen LogP contribution in [0.25, 0.3) is 0 Å². The van der Waals surface area contributed by atoms with Gasteiger partial charge < -0.3 is 15.4 Å². The predicted molar refractivity (Wildman–Crippen MR) is 55.1 cm³/mol. The Bertz CT molecular complexity index is 189. The molecule has 1 aliphatic rings. The van der Waals surface area contributed by atoms with E-state index in [0.29, 0.717) is 24.7 Å². The van der Waals surface area contributed by atoms with Gasteiger partial charge in [-0.15, -0.1) is 0 Å². The second-order valence-corrected chi connectivity index (χ2v) is 4.13. The molecular weight excluding hydrogens is 180 g/mol. The van der Waals surface area contributed by atoms with Gasteiger partial charge in [0.05, 0.1) is 12.6 Å². The summed E-state index contributed by atoms with van der Waals surface area (Å²) in [6, 6.07) is 0.676. The van der Waals surface area contributed by atoms with Crippen LogP contribution >= 0.6 is 0 Å². The first-order chi connectivity index (χ1) is 6.61. The fourth-order valence-electron chi connectivity index (χ4n) is 1.45. The smallest absolute Gasteiger partial charge is 0.234 e. The van der Waals surface area contributed by atoms with Gasteiger partial charge >= 0.3 is 0 Å². The van der Waals surface area contributed by atoms with Crippen molar-refractivity contribution in [3.63, 3.8) is 0 Å². The summed E-state index contributed by atoms with van der Waals surface area (Å²) in [7, 11) is 1.71. The molecule has 1 aliphatic carbocycles. The lowest BCUT2D eigenvalue weighted by Gasteiger charge is -2.34. The van der Waals surface area contributed by atoms with Crippen LogP contribution in [0.15, 0.2) is 0 Å². The Morgan fingerprint density at radius 1 is 1.50 bits per heavy atom. The molecule has 2 N–H and O–H groups in total. The molecule has 0 aliphatic heterocycles. The van der Waals surface area contributed by atoms with E-state index in [1.807, 2.05) is 13.8 Å². The summed E-state index contributed by atoms with van der Waals surface area (Å²) in [5.41, 5.74) is 0. The maximum atomic E-state index is 11.3. The molecule has 0 aromatic heterocycles. The van der Waals surface area contributed by atoms with E-state index in [1.54, 1.807) is 7.11 Å². The summed E-state index contributed by atoms with van der Waals surface area (Å²) >= 11 is 0. The molecule has 0 atom stereocenters. The topological polar surface area (TPSA) is 50.4 Å². The van der Waals surface area contributed by atoms with Crippen LogP contribution in [-0.4, -0.2) is 37.7 Å². The number of hydrogen-bond donors (Lipinski definition) is 2. The Balaban J connectivity index is 2.04. The Morgan fingerprint density at radius 3 is 2.64 bits per heavy atom. The van der Waals surface area contributed by atoms with Crippen molar-refractivity contribution in [3.05, 3.63) is 0 Å². The lowest BCUT2D eigenvalue weighted by molar-refractivity contribution is -0.122. The Labute approximate surface area is 85.4 Å². The maximum absolute atomic E-state index is 11.3. The van der Waals surface area contributed by atoms with Gasteiger partial charge in [0, 0.05) is 19.2 Å². The van der Waals surface area contributed by atoms with Crippen molar-refractivity contribution in [1.82, 2.24) is 10.6 Å². The summed E-state index contributed by atoms with van der Waals surface area (Å²) in [5.74, 6) is 0.0817. The summed E-state index contributed by atoms with van der Waals surface area (Å²) in [5, 5.41) is 6.04. The van der Waals surface area contributed by atoms with Gasteiger partial charge in [-0.3, -0.25) is 4.79 Å². The van der Waals surface area contributed by atoms with Crippen LogP contribution in [-0.2, 0) is 9.53 Å². The number of amides is 1. The molecule has 14 heavy (non-hydrogen) atoms. The second-order valence-electron chi connectivity index (χ2n) is 4.13. The second kappa shape index (κ2) is 5.32. The van der Waals surface area contributed by atoms with Gasteiger partial charge in [0.1, 0.15) is 0 Å². The van der Waals surface area contributed by atoms with E-state index in [1.165, 1.54) is 0 Å². The highest BCUT2D eigenvalue weighted by Crippen LogP contribution is 2.22. The van der Waals surface area contributed by atoms with Crippen molar-refractivity contribution < 1.29 is 9.53 Å². The van der Waals surface area contributed by atoms with E-state index >= 15 is 0 Å². The molecule has 0 saturated heterocycles. The molecule has 0 spiro atoms. The fraction of sp³-hybridized carbons (Fsp3) is 0.900. The molecule has 0 bridgehead atoms. The molecule has 0 aromatic carbocycles. The average molecular weight is 200 g/mol. The van der Waals surface area contributed by atoms with Crippen molar-refractivity contribution in [1.29, 1.82) is 0 Å². The molecule has 4 nitrogen and oxygen atoms in total. The van der Waals surface area contributed by atoms with Crippen molar-refractivity contribution in [2.24, 2.45) is 0 Å². The normalized spacial score (nSPS) is 26.0. The zero-order valence-electron chi connectivity index (χ0n) is 9.17. The van der Waals surface area contributed by atoms with Crippen molar-refractivity contribution >= 4 is 5.91 Å². The number of nitrogens with one attached hydrogen (secondary N) is 2. The summed E-state index contributed by atoms with van der Waals surface area (Å²) in [6.45, 7) is 4.46. The van der Waals surface area contributed by atoms with E-state index in [9.17, 15) is 4.79 Å².